The number of hydrogen-bond acceptors (Lipinski definition) is 3. The van der Waals surface area contributed by atoms with Gasteiger partial charge in [0, 0.05) is 18.2 Å². The van der Waals surface area contributed by atoms with Crippen molar-refractivity contribution in [2.45, 2.75) is 19.5 Å². The van der Waals surface area contributed by atoms with Gasteiger partial charge in [-0.05, 0) is 42.8 Å². The molecule has 5 heteroatoms. The topological polar surface area (TPSA) is 52.5 Å². The number of halogens is 2. The molecule has 2 aromatic rings. The summed E-state index contributed by atoms with van der Waals surface area (Å²) >= 11 is 0. The summed E-state index contributed by atoms with van der Waals surface area (Å²) in [5, 5.41) is 21.6. The Morgan fingerprint density at radius 1 is 1.05 bits per heavy atom. The lowest BCUT2D eigenvalue weighted by Gasteiger charge is -2.15. The Kier molecular flexibility index (Phi) is 4.20. The third-order valence-electron chi connectivity index (χ3n) is 3.08. The molecule has 3 N–H and O–H groups in total. The molecule has 0 amide bonds. The van der Waals surface area contributed by atoms with E-state index in [2.05, 4.69) is 5.32 Å². The maximum atomic E-state index is 13.6. The lowest BCUT2D eigenvalue weighted by molar-refractivity contribution is 0.402. The predicted octanol–water partition coefficient (Wildman–Crippen LogP) is 3.23. The second kappa shape index (κ2) is 5.88. The molecule has 0 fully saturated rings. The van der Waals surface area contributed by atoms with Crippen molar-refractivity contribution in [2.75, 3.05) is 0 Å². The van der Waals surface area contributed by atoms with Gasteiger partial charge in [0.25, 0.3) is 0 Å². The molecule has 3 nitrogen and oxygen atoms in total. The van der Waals surface area contributed by atoms with Gasteiger partial charge in [-0.2, -0.15) is 0 Å². The Bertz CT molecular complexity index is 617. The Labute approximate surface area is 115 Å². The van der Waals surface area contributed by atoms with Crippen LogP contribution in [0.4, 0.5) is 8.78 Å². The summed E-state index contributed by atoms with van der Waals surface area (Å²) in [6.07, 6.45) is 0. The molecule has 0 radical (unpaired) electrons. The summed E-state index contributed by atoms with van der Waals surface area (Å²) in [5.74, 6) is -1.37. The Morgan fingerprint density at radius 3 is 2.50 bits per heavy atom. The van der Waals surface area contributed by atoms with Gasteiger partial charge >= 0.3 is 0 Å². The molecule has 0 saturated heterocycles. The van der Waals surface area contributed by atoms with Crippen LogP contribution in [0.15, 0.2) is 36.4 Å². The highest BCUT2D eigenvalue weighted by molar-refractivity contribution is 5.40. The molecule has 1 unspecified atom stereocenters. The molecule has 2 rings (SSSR count). The van der Waals surface area contributed by atoms with Crippen molar-refractivity contribution < 1.29 is 19.0 Å². The fraction of sp³-hybridized carbons (Fsp3) is 0.200. The van der Waals surface area contributed by atoms with E-state index < -0.39 is 11.6 Å². The van der Waals surface area contributed by atoms with Gasteiger partial charge in [0.2, 0.25) is 0 Å². The van der Waals surface area contributed by atoms with Crippen LogP contribution in [0.1, 0.15) is 24.1 Å². The number of aromatic hydroxyl groups is 2. The summed E-state index contributed by atoms with van der Waals surface area (Å²) in [5.41, 5.74) is 0.969. The molecule has 0 saturated carbocycles. The van der Waals surface area contributed by atoms with Crippen molar-refractivity contribution in [1.82, 2.24) is 5.32 Å². The minimum absolute atomic E-state index is 0.196. The Morgan fingerprint density at radius 2 is 1.80 bits per heavy atom. The lowest BCUT2D eigenvalue weighted by Crippen LogP contribution is -2.19. The molecule has 0 aliphatic carbocycles. The van der Waals surface area contributed by atoms with Crippen LogP contribution in [-0.2, 0) is 6.54 Å². The average Bonchev–Trinajstić information content (AvgIpc) is 2.42. The maximum Gasteiger partial charge on any atom is 0.157 e. The van der Waals surface area contributed by atoms with Gasteiger partial charge in [0.05, 0.1) is 0 Å². The lowest BCUT2D eigenvalue weighted by atomic mass is 10.1. The van der Waals surface area contributed by atoms with E-state index in [0.717, 1.165) is 23.8 Å². The molecular formula is C15H15F2NO2. The monoisotopic (exact) mass is 279 g/mol. The van der Waals surface area contributed by atoms with Crippen LogP contribution in [0.25, 0.3) is 0 Å². The summed E-state index contributed by atoms with van der Waals surface area (Å²) in [6, 6.07) is 7.36. The molecule has 0 heterocycles. The SMILES string of the molecule is CC(NCc1ccc(O)c(O)c1)c1cc(F)ccc1F. The smallest absolute Gasteiger partial charge is 0.157 e. The summed E-state index contributed by atoms with van der Waals surface area (Å²) < 4.78 is 26.7. The molecular weight excluding hydrogens is 264 g/mol. The molecule has 0 spiro atoms. The third kappa shape index (κ3) is 3.24. The van der Waals surface area contributed by atoms with Gasteiger partial charge in [-0.25, -0.2) is 8.78 Å². The van der Waals surface area contributed by atoms with Crippen LogP contribution in [-0.4, -0.2) is 10.2 Å². The van der Waals surface area contributed by atoms with E-state index in [1.54, 1.807) is 13.0 Å². The zero-order valence-electron chi connectivity index (χ0n) is 10.9. The predicted molar refractivity (Wildman–Crippen MR) is 71.4 cm³/mol. The highest BCUT2D eigenvalue weighted by Crippen LogP contribution is 2.25. The molecule has 20 heavy (non-hydrogen) atoms. The van der Waals surface area contributed by atoms with Gasteiger partial charge in [-0.3, -0.25) is 0 Å². The van der Waals surface area contributed by atoms with E-state index in [9.17, 15) is 19.0 Å². The number of hydrogen-bond donors (Lipinski definition) is 3. The largest absolute Gasteiger partial charge is 0.504 e. The Balaban J connectivity index is 2.06. The van der Waals surface area contributed by atoms with Crippen LogP contribution < -0.4 is 5.32 Å². The minimum atomic E-state index is -0.489. The molecule has 2 aromatic carbocycles. The summed E-state index contributed by atoms with van der Waals surface area (Å²) in [4.78, 5) is 0. The fourth-order valence-electron chi connectivity index (χ4n) is 1.91. The minimum Gasteiger partial charge on any atom is -0.504 e. The van der Waals surface area contributed by atoms with Gasteiger partial charge in [0.15, 0.2) is 11.5 Å². The van der Waals surface area contributed by atoms with Crippen LogP contribution in [0.5, 0.6) is 11.5 Å². The number of benzene rings is 2. The maximum absolute atomic E-state index is 13.6. The Hall–Kier alpha value is -2.14. The van der Waals surface area contributed by atoms with E-state index in [1.165, 1.54) is 12.1 Å². The number of phenolic OH excluding ortho intramolecular Hbond substituents is 2. The van der Waals surface area contributed by atoms with Gasteiger partial charge in [-0.15, -0.1) is 0 Å². The molecule has 106 valence electrons. The molecule has 0 aliphatic heterocycles. The molecule has 1 atom stereocenters. The average molecular weight is 279 g/mol. The first-order chi connectivity index (χ1) is 9.47. The first kappa shape index (κ1) is 14.3. The number of phenols is 2. The third-order valence-corrected chi connectivity index (χ3v) is 3.08. The van der Waals surface area contributed by atoms with Crippen LogP contribution in [0.2, 0.25) is 0 Å². The summed E-state index contributed by atoms with van der Waals surface area (Å²) in [6.45, 7) is 2.07. The quantitative estimate of drug-likeness (QED) is 0.753. The second-order valence-corrected chi connectivity index (χ2v) is 4.59. The first-order valence-electron chi connectivity index (χ1n) is 6.16. The van der Waals surface area contributed by atoms with E-state index in [1.807, 2.05) is 0 Å². The van der Waals surface area contributed by atoms with Gasteiger partial charge in [0.1, 0.15) is 11.6 Å². The van der Waals surface area contributed by atoms with Gasteiger partial charge < -0.3 is 15.5 Å². The fourth-order valence-corrected chi connectivity index (χ4v) is 1.91. The van der Waals surface area contributed by atoms with Crippen molar-refractivity contribution >= 4 is 0 Å². The summed E-state index contributed by atoms with van der Waals surface area (Å²) in [7, 11) is 0. The normalized spacial score (nSPS) is 12.3. The molecule has 0 aliphatic rings. The van der Waals surface area contributed by atoms with Crippen molar-refractivity contribution in [3.05, 3.63) is 59.2 Å². The van der Waals surface area contributed by atoms with Crippen molar-refractivity contribution in [1.29, 1.82) is 0 Å². The van der Waals surface area contributed by atoms with Crippen LogP contribution >= 0.6 is 0 Å². The van der Waals surface area contributed by atoms with E-state index in [-0.39, 0.29) is 23.1 Å². The highest BCUT2D eigenvalue weighted by Gasteiger charge is 2.12. The van der Waals surface area contributed by atoms with Crippen LogP contribution in [0, 0.1) is 11.6 Å². The standard InChI is InChI=1S/C15H15F2NO2/c1-9(12-7-11(16)3-4-13(12)17)18-8-10-2-5-14(19)15(20)6-10/h2-7,9,18-20H,8H2,1H3. The zero-order valence-corrected chi connectivity index (χ0v) is 10.9. The van der Waals surface area contributed by atoms with Crippen molar-refractivity contribution in [3.8, 4) is 11.5 Å². The van der Waals surface area contributed by atoms with Crippen molar-refractivity contribution in [2.24, 2.45) is 0 Å². The second-order valence-electron chi connectivity index (χ2n) is 4.59. The van der Waals surface area contributed by atoms with E-state index in [4.69, 9.17) is 0 Å². The van der Waals surface area contributed by atoms with E-state index in [0.29, 0.717) is 6.54 Å². The first-order valence-corrected chi connectivity index (χ1v) is 6.16. The number of nitrogens with one attached hydrogen (secondary N) is 1. The van der Waals surface area contributed by atoms with Crippen LogP contribution in [0.3, 0.4) is 0 Å². The number of rotatable bonds is 4. The van der Waals surface area contributed by atoms with E-state index >= 15 is 0 Å². The van der Waals surface area contributed by atoms with Gasteiger partial charge in [-0.1, -0.05) is 6.07 Å². The van der Waals surface area contributed by atoms with Crippen molar-refractivity contribution in [3.63, 3.8) is 0 Å². The molecule has 0 bridgehead atoms. The highest BCUT2D eigenvalue weighted by atomic mass is 19.1. The molecule has 0 aromatic heterocycles. The zero-order chi connectivity index (χ0) is 14.7.